The average Bonchev–Trinajstić information content (AvgIpc) is 1.46. The Hall–Kier alpha value is -16.8. The summed E-state index contributed by atoms with van der Waals surface area (Å²) >= 11 is 0. The molecule has 0 radical (unpaired) electrons. The maximum absolute atomic E-state index is 5.17. The third-order valence-electron chi connectivity index (χ3n) is 25.9. The third kappa shape index (κ3) is 11.9. The van der Waals surface area contributed by atoms with Crippen LogP contribution in [0.25, 0.3) is 253 Å². The maximum Gasteiger partial charge on any atom is 0.160 e. The molecule has 26 rings (SSSR count). The van der Waals surface area contributed by atoms with Gasteiger partial charge in [0.25, 0.3) is 0 Å². The molecule has 0 N–H and O–H groups in total. The van der Waals surface area contributed by atoms with Gasteiger partial charge in [0.2, 0.25) is 0 Å². The van der Waals surface area contributed by atoms with Crippen molar-refractivity contribution in [1.29, 1.82) is 0 Å². The van der Waals surface area contributed by atoms with Crippen LogP contribution in [0.4, 0.5) is 0 Å². The van der Waals surface area contributed by atoms with Gasteiger partial charge in [-0.15, -0.1) is 0 Å². The van der Waals surface area contributed by atoms with Gasteiger partial charge in [0.05, 0.1) is 44.8 Å². The minimum atomic E-state index is 0.706. The van der Waals surface area contributed by atoms with Gasteiger partial charge < -0.3 is 9.13 Å². The molecular weight excluding hydrogens is 1530 g/mol. The summed E-state index contributed by atoms with van der Waals surface area (Å²) in [6.07, 6.45) is 0. The number of hydrogen-bond donors (Lipinski definition) is 0. The second kappa shape index (κ2) is 29.5. The van der Waals surface area contributed by atoms with Crippen LogP contribution in [0, 0.1) is 0 Å². The van der Waals surface area contributed by atoms with E-state index in [4.69, 9.17) is 19.9 Å². The first-order valence-corrected chi connectivity index (χ1v) is 43.1. The lowest BCUT2D eigenvalue weighted by Crippen LogP contribution is -1.98. The molecule has 0 unspecified atom stereocenters. The first kappa shape index (κ1) is 72.1. The van der Waals surface area contributed by atoms with Crippen LogP contribution in [0.2, 0.25) is 0 Å². The fourth-order valence-corrected chi connectivity index (χ4v) is 20.1. The molecule has 0 saturated carbocycles. The maximum atomic E-state index is 5.17. The van der Waals surface area contributed by atoms with E-state index in [9.17, 15) is 0 Å². The molecule has 0 aliphatic carbocycles. The Morgan fingerprint density at radius 1 is 0.151 bits per heavy atom. The summed E-state index contributed by atoms with van der Waals surface area (Å²) < 4.78 is 5.02. The summed E-state index contributed by atoms with van der Waals surface area (Å²) in [6.45, 7) is 0. The van der Waals surface area contributed by atoms with Crippen molar-refractivity contribution in [2.24, 2.45) is 0 Å². The van der Waals surface area contributed by atoms with Crippen LogP contribution in [0.3, 0.4) is 0 Å². The molecule has 126 heavy (non-hydrogen) atoms. The Labute approximate surface area is 725 Å². The Kier molecular flexibility index (Phi) is 16.9. The van der Waals surface area contributed by atoms with E-state index in [1.165, 1.54) is 174 Å². The molecule has 0 bridgehead atoms. The van der Waals surface area contributed by atoms with Crippen molar-refractivity contribution in [3.8, 4) is 101 Å². The highest BCUT2D eigenvalue weighted by Crippen LogP contribution is 2.50. The molecule has 0 aliphatic heterocycles. The second-order valence-corrected chi connectivity index (χ2v) is 33.0. The summed E-state index contributed by atoms with van der Waals surface area (Å²) in [4.78, 5) is 20.4. The number of hydrogen-bond acceptors (Lipinski definition) is 4. The van der Waals surface area contributed by atoms with Crippen molar-refractivity contribution < 1.29 is 0 Å². The molecule has 0 saturated heterocycles. The second-order valence-electron chi connectivity index (χ2n) is 33.0. The fourth-order valence-electron chi connectivity index (χ4n) is 20.1. The molecule has 26 aromatic rings. The van der Waals surface area contributed by atoms with Crippen LogP contribution < -0.4 is 0 Å². The predicted octanol–water partition coefficient (Wildman–Crippen LogP) is 32.0. The number of fused-ring (bicyclic) bond motifs is 24. The number of benzene rings is 22. The molecule has 22 aromatic carbocycles. The van der Waals surface area contributed by atoms with E-state index < -0.39 is 0 Å². The number of nitrogens with zero attached hydrogens (tertiary/aromatic N) is 6. The number of aromatic nitrogens is 6. The topological polar surface area (TPSA) is 61.4 Å². The summed E-state index contributed by atoms with van der Waals surface area (Å²) in [5, 5.41) is 30.0. The lowest BCUT2D eigenvalue weighted by Gasteiger charge is -2.17. The zero-order valence-corrected chi connectivity index (χ0v) is 68.4. The Balaban J connectivity index is 0.000000137. The van der Waals surface area contributed by atoms with Crippen molar-refractivity contribution in [3.63, 3.8) is 0 Å². The summed E-state index contributed by atoms with van der Waals surface area (Å²) in [5.41, 5.74) is 21.5. The summed E-state index contributed by atoms with van der Waals surface area (Å²) in [5.74, 6) is 1.41. The lowest BCUT2D eigenvalue weighted by molar-refractivity contribution is 1.17. The van der Waals surface area contributed by atoms with Crippen LogP contribution in [0.5, 0.6) is 0 Å². The van der Waals surface area contributed by atoms with Crippen LogP contribution in [-0.4, -0.2) is 29.1 Å². The Morgan fingerprint density at radius 2 is 0.444 bits per heavy atom. The smallest absolute Gasteiger partial charge is 0.160 e. The van der Waals surface area contributed by atoms with E-state index in [0.29, 0.717) is 11.6 Å². The van der Waals surface area contributed by atoms with E-state index in [1.807, 2.05) is 48.5 Å². The zero-order valence-electron chi connectivity index (χ0n) is 68.4. The van der Waals surface area contributed by atoms with E-state index >= 15 is 0 Å². The minimum Gasteiger partial charge on any atom is -0.309 e. The molecule has 4 heterocycles. The van der Waals surface area contributed by atoms with Gasteiger partial charge in [-0.2, -0.15) is 0 Å². The average molecular weight is 1600 g/mol. The lowest BCUT2D eigenvalue weighted by atomic mass is 9.89. The molecule has 0 spiro atoms. The molecule has 6 heteroatoms. The standard InChI is InChI=1S/2C60H37N3/c1-3-16-39(17-4-1)55-37-56(62-60(61-55)41-18-5-2-6-19-41)40-27-31-44(32-28-40)63-58-46-22-10-7-15-38(46)29-34-52(58)54-35-42-20-8-9-21-45(42)57(59(54)63)43-30-33-51-49-25-12-11-23-47(49)48-24-13-14-26-50(48)53(51)36-43;1-3-16-39(17-4-1)54-37-55(62-60(61-54)41-18-5-2-6-19-41)40-27-31-44(32-28-40)63-56-34-30-38-15-7-9-21-45(38)58(56)53-35-42-20-8-10-22-46(42)57(59(53)63)43-29-33-51-49-25-12-11-23-47(49)48-24-13-14-26-50(48)52(51)36-43/h2*1-37H. The summed E-state index contributed by atoms with van der Waals surface area (Å²) in [7, 11) is 0. The van der Waals surface area contributed by atoms with Gasteiger partial charge in [0.15, 0.2) is 11.6 Å². The van der Waals surface area contributed by atoms with Gasteiger partial charge in [-0.3, -0.25) is 0 Å². The van der Waals surface area contributed by atoms with Gasteiger partial charge >= 0.3 is 0 Å². The molecule has 0 atom stereocenters. The highest BCUT2D eigenvalue weighted by Gasteiger charge is 2.26. The van der Waals surface area contributed by atoms with Gasteiger partial charge in [-0.05, 0) is 180 Å². The van der Waals surface area contributed by atoms with Gasteiger partial charge in [-0.1, -0.05) is 382 Å². The summed E-state index contributed by atoms with van der Waals surface area (Å²) in [6, 6.07) is 162. The van der Waals surface area contributed by atoms with Crippen LogP contribution in [-0.2, 0) is 0 Å². The molecule has 0 fully saturated rings. The van der Waals surface area contributed by atoms with Crippen LogP contribution in [0.1, 0.15) is 0 Å². The van der Waals surface area contributed by atoms with Crippen molar-refractivity contribution in [1.82, 2.24) is 29.1 Å². The minimum absolute atomic E-state index is 0.706. The van der Waals surface area contributed by atoms with E-state index in [-0.39, 0.29) is 0 Å². The molecule has 0 aliphatic rings. The number of rotatable bonds is 10. The van der Waals surface area contributed by atoms with Gasteiger partial charge in [0.1, 0.15) is 0 Å². The molecule has 6 nitrogen and oxygen atoms in total. The predicted molar refractivity (Wildman–Crippen MR) is 531 cm³/mol. The quantitative estimate of drug-likeness (QED) is 0.128. The molecule has 584 valence electrons. The monoisotopic (exact) mass is 1600 g/mol. The highest BCUT2D eigenvalue weighted by atomic mass is 15.0. The van der Waals surface area contributed by atoms with Crippen LogP contribution >= 0.6 is 0 Å². The van der Waals surface area contributed by atoms with E-state index in [2.05, 4.69) is 410 Å². The van der Waals surface area contributed by atoms with Crippen molar-refractivity contribution in [2.45, 2.75) is 0 Å². The third-order valence-corrected chi connectivity index (χ3v) is 25.9. The Bertz CT molecular complexity index is 8560. The SMILES string of the molecule is c1ccc(-c2cc(-c3ccc(-n4c5c(-c6ccc7c8ccccc8c8ccccc8c7c6)c6ccccc6cc5c5ccc6ccccc6c54)cc3)nc(-c3ccccc3)n2)cc1.c1ccc(-c2cc(-c3ccc(-n4c5ccc6ccccc6c5c5cc6ccccc6c(-c6ccc7c8ccccc8c8ccccc8c7c6)c54)cc3)nc(-c3ccccc3)n2)cc1. The van der Waals surface area contributed by atoms with Gasteiger partial charge in [0, 0.05) is 82.8 Å². The first-order valence-electron chi connectivity index (χ1n) is 43.1. The molecular formula is C120H74N6. The molecule has 0 amide bonds. The van der Waals surface area contributed by atoms with Crippen molar-refractivity contribution in [3.05, 3.63) is 449 Å². The van der Waals surface area contributed by atoms with E-state index in [0.717, 1.165) is 67.5 Å². The zero-order chi connectivity index (χ0) is 82.9. The molecule has 4 aromatic heterocycles. The normalized spacial score (nSPS) is 11.8. The van der Waals surface area contributed by atoms with Crippen molar-refractivity contribution >= 4 is 151 Å². The highest BCUT2D eigenvalue weighted by molar-refractivity contribution is 6.32. The largest absolute Gasteiger partial charge is 0.309 e. The first-order chi connectivity index (χ1) is 62.5. The van der Waals surface area contributed by atoms with Gasteiger partial charge in [-0.25, -0.2) is 19.9 Å². The Morgan fingerprint density at radius 3 is 0.873 bits per heavy atom. The van der Waals surface area contributed by atoms with Crippen LogP contribution in [0.15, 0.2) is 449 Å². The van der Waals surface area contributed by atoms with Crippen molar-refractivity contribution in [2.75, 3.05) is 0 Å². The fraction of sp³-hybridized carbons (Fsp3) is 0. The van der Waals surface area contributed by atoms with E-state index in [1.54, 1.807) is 0 Å².